The van der Waals surface area contributed by atoms with Crippen LogP contribution in [0, 0.1) is 5.92 Å². The van der Waals surface area contributed by atoms with Gasteiger partial charge in [0.05, 0.1) is 6.04 Å². The molecule has 0 saturated carbocycles. The average molecular weight is 450 g/mol. The average Bonchev–Trinajstić information content (AvgIpc) is 3.36. The SMILES string of the molecule is CCNC(=NCC(C)CN1CCN(CC)CC1)N1CCN(C(C)C(=O)N2CCCC2)CC1. The Bertz CT molecular complexity index is 591. The van der Waals surface area contributed by atoms with Gasteiger partial charge in [0.1, 0.15) is 0 Å². The summed E-state index contributed by atoms with van der Waals surface area (Å²) in [6, 6.07) is -0.0111. The van der Waals surface area contributed by atoms with E-state index in [4.69, 9.17) is 4.99 Å². The largest absolute Gasteiger partial charge is 0.357 e. The first-order valence-electron chi connectivity index (χ1n) is 13.0. The van der Waals surface area contributed by atoms with Crippen molar-refractivity contribution in [3.8, 4) is 0 Å². The molecule has 0 bridgehead atoms. The van der Waals surface area contributed by atoms with Crippen LogP contribution in [-0.4, -0.2) is 134 Å². The predicted octanol–water partition coefficient (Wildman–Crippen LogP) is 0.854. The highest BCUT2D eigenvalue weighted by Crippen LogP contribution is 2.14. The predicted molar refractivity (Wildman–Crippen MR) is 132 cm³/mol. The third-order valence-corrected chi connectivity index (χ3v) is 7.31. The Kier molecular flexibility index (Phi) is 10.1. The highest BCUT2D eigenvalue weighted by molar-refractivity contribution is 5.82. The van der Waals surface area contributed by atoms with E-state index in [2.05, 4.69) is 52.6 Å². The number of hydrogen-bond donors (Lipinski definition) is 1. The molecule has 1 amide bonds. The van der Waals surface area contributed by atoms with Crippen molar-refractivity contribution >= 4 is 11.9 Å². The van der Waals surface area contributed by atoms with E-state index >= 15 is 0 Å². The quantitative estimate of drug-likeness (QED) is 0.438. The number of guanidine groups is 1. The summed E-state index contributed by atoms with van der Waals surface area (Å²) in [5.41, 5.74) is 0. The molecule has 0 spiro atoms. The fourth-order valence-corrected chi connectivity index (χ4v) is 5.13. The molecule has 0 aliphatic carbocycles. The molecule has 1 N–H and O–H groups in total. The topological polar surface area (TPSA) is 57.7 Å². The Morgan fingerprint density at radius 1 is 0.844 bits per heavy atom. The first-order chi connectivity index (χ1) is 15.5. The van der Waals surface area contributed by atoms with E-state index < -0.39 is 0 Å². The number of nitrogens with one attached hydrogen (secondary N) is 1. The maximum Gasteiger partial charge on any atom is 0.239 e. The molecule has 0 aromatic carbocycles. The molecular weight excluding hydrogens is 402 g/mol. The molecule has 184 valence electrons. The molecule has 2 unspecified atom stereocenters. The molecule has 0 radical (unpaired) electrons. The van der Waals surface area contributed by atoms with Gasteiger partial charge in [-0.2, -0.15) is 0 Å². The normalized spacial score (nSPS) is 24.1. The number of likely N-dealkylation sites (tertiary alicyclic amines) is 1. The van der Waals surface area contributed by atoms with Crippen LogP contribution < -0.4 is 5.32 Å². The second-order valence-electron chi connectivity index (χ2n) is 9.77. The molecule has 8 heteroatoms. The Morgan fingerprint density at radius 3 is 2.06 bits per heavy atom. The van der Waals surface area contributed by atoms with Gasteiger partial charge in [0, 0.05) is 85.1 Å². The number of carbonyl (C=O) groups is 1. The van der Waals surface area contributed by atoms with Crippen molar-refractivity contribution in [1.82, 2.24) is 29.8 Å². The van der Waals surface area contributed by atoms with E-state index in [1.54, 1.807) is 0 Å². The minimum atomic E-state index is -0.0111. The van der Waals surface area contributed by atoms with E-state index in [1.807, 2.05) is 4.90 Å². The summed E-state index contributed by atoms with van der Waals surface area (Å²) < 4.78 is 0. The Labute approximate surface area is 196 Å². The van der Waals surface area contributed by atoms with Crippen LogP contribution in [0.4, 0.5) is 0 Å². The lowest BCUT2D eigenvalue weighted by molar-refractivity contribution is -0.135. The van der Waals surface area contributed by atoms with Crippen molar-refractivity contribution in [2.24, 2.45) is 10.9 Å². The lowest BCUT2D eigenvalue weighted by Crippen LogP contribution is -2.57. The second-order valence-corrected chi connectivity index (χ2v) is 9.77. The molecule has 32 heavy (non-hydrogen) atoms. The maximum atomic E-state index is 12.8. The molecule has 3 saturated heterocycles. The first kappa shape index (κ1) is 25.2. The van der Waals surface area contributed by atoms with E-state index in [0.29, 0.717) is 11.8 Å². The Hall–Kier alpha value is -1.38. The summed E-state index contributed by atoms with van der Waals surface area (Å²) in [6.07, 6.45) is 2.31. The molecule has 8 nitrogen and oxygen atoms in total. The van der Waals surface area contributed by atoms with Gasteiger partial charge in [0.2, 0.25) is 5.91 Å². The number of nitrogens with zero attached hydrogens (tertiary/aromatic N) is 6. The van der Waals surface area contributed by atoms with Crippen LogP contribution in [0.3, 0.4) is 0 Å². The molecule has 3 rings (SSSR count). The van der Waals surface area contributed by atoms with Crippen LogP contribution in [0.1, 0.15) is 40.5 Å². The third-order valence-electron chi connectivity index (χ3n) is 7.31. The molecule has 0 aromatic heterocycles. The zero-order valence-corrected chi connectivity index (χ0v) is 21.1. The molecule has 0 aromatic rings. The van der Waals surface area contributed by atoms with Crippen LogP contribution >= 0.6 is 0 Å². The number of aliphatic imine (C=N–C) groups is 1. The fraction of sp³-hybridized carbons (Fsp3) is 0.917. The Morgan fingerprint density at radius 2 is 1.47 bits per heavy atom. The second kappa shape index (κ2) is 12.8. The summed E-state index contributed by atoms with van der Waals surface area (Å²) >= 11 is 0. The van der Waals surface area contributed by atoms with E-state index in [9.17, 15) is 4.79 Å². The van der Waals surface area contributed by atoms with Crippen molar-refractivity contribution < 1.29 is 4.79 Å². The molecule has 3 aliphatic heterocycles. The standard InChI is InChI=1S/C24H47N7O/c1-5-25-24(26-19-21(3)20-28-13-11-27(6-2)12-14-28)31-17-15-29(16-18-31)22(4)23(32)30-9-7-8-10-30/h21-22H,5-20H2,1-4H3,(H,25,26). The van der Waals surface area contributed by atoms with Gasteiger partial charge in [-0.25, -0.2) is 0 Å². The number of piperazine rings is 2. The van der Waals surface area contributed by atoms with Gasteiger partial charge in [-0.1, -0.05) is 13.8 Å². The summed E-state index contributed by atoms with van der Waals surface area (Å²) in [7, 11) is 0. The molecule has 3 aliphatic rings. The van der Waals surface area contributed by atoms with E-state index in [1.165, 1.54) is 26.2 Å². The third kappa shape index (κ3) is 7.06. The van der Waals surface area contributed by atoms with Crippen molar-refractivity contribution in [3.05, 3.63) is 0 Å². The Balaban J connectivity index is 1.44. The molecule has 3 heterocycles. The molecular formula is C24H47N7O. The van der Waals surface area contributed by atoms with Crippen LogP contribution in [0.5, 0.6) is 0 Å². The summed E-state index contributed by atoms with van der Waals surface area (Å²) in [5.74, 6) is 1.90. The number of carbonyl (C=O) groups excluding carboxylic acids is 1. The molecule has 3 fully saturated rings. The van der Waals surface area contributed by atoms with Gasteiger partial charge >= 0.3 is 0 Å². The van der Waals surface area contributed by atoms with Gasteiger partial charge in [-0.15, -0.1) is 0 Å². The number of likely N-dealkylation sites (N-methyl/N-ethyl adjacent to an activating group) is 1. The summed E-state index contributed by atoms with van der Waals surface area (Å²) in [4.78, 5) is 29.7. The van der Waals surface area contributed by atoms with E-state index in [0.717, 1.165) is 84.2 Å². The maximum absolute atomic E-state index is 12.8. The van der Waals surface area contributed by atoms with Gasteiger partial charge in [0.15, 0.2) is 5.96 Å². The molecule has 2 atom stereocenters. The first-order valence-corrected chi connectivity index (χ1v) is 13.0. The van der Waals surface area contributed by atoms with Crippen LogP contribution in [-0.2, 0) is 4.79 Å². The van der Waals surface area contributed by atoms with Gasteiger partial charge in [-0.05, 0) is 39.2 Å². The lowest BCUT2D eigenvalue weighted by Gasteiger charge is -2.39. The fourth-order valence-electron chi connectivity index (χ4n) is 5.13. The monoisotopic (exact) mass is 449 g/mol. The lowest BCUT2D eigenvalue weighted by atomic mass is 10.1. The number of hydrogen-bond acceptors (Lipinski definition) is 5. The van der Waals surface area contributed by atoms with Crippen molar-refractivity contribution in [2.75, 3.05) is 91.6 Å². The van der Waals surface area contributed by atoms with Gasteiger partial charge in [-0.3, -0.25) is 14.7 Å². The zero-order chi connectivity index (χ0) is 22.9. The van der Waals surface area contributed by atoms with Crippen LogP contribution in [0.25, 0.3) is 0 Å². The smallest absolute Gasteiger partial charge is 0.239 e. The van der Waals surface area contributed by atoms with Crippen LogP contribution in [0.2, 0.25) is 0 Å². The summed E-state index contributed by atoms with van der Waals surface area (Å²) in [5, 5.41) is 3.50. The van der Waals surface area contributed by atoms with Crippen molar-refractivity contribution in [3.63, 3.8) is 0 Å². The minimum Gasteiger partial charge on any atom is -0.357 e. The minimum absolute atomic E-state index is 0.0111. The number of amides is 1. The van der Waals surface area contributed by atoms with E-state index in [-0.39, 0.29) is 6.04 Å². The van der Waals surface area contributed by atoms with Gasteiger partial charge in [0.25, 0.3) is 0 Å². The van der Waals surface area contributed by atoms with Crippen LogP contribution in [0.15, 0.2) is 4.99 Å². The van der Waals surface area contributed by atoms with Crippen molar-refractivity contribution in [1.29, 1.82) is 0 Å². The highest BCUT2D eigenvalue weighted by atomic mass is 16.2. The highest BCUT2D eigenvalue weighted by Gasteiger charge is 2.30. The van der Waals surface area contributed by atoms with Crippen molar-refractivity contribution in [2.45, 2.75) is 46.6 Å². The van der Waals surface area contributed by atoms with Gasteiger partial charge < -0.3 is 24.9 Å². The zero-order valence-electron chi connectivity index (χ0n) is 21.1. The number of rotatable bonds is 8. The summed E-state index contributed by atoms with van der Waals surface area (Å²) in [6.45, 7) is 23.1.